The molecule has 0 N–H and O–H groups in total. The van der Waals surface area contributed by atoms with Gasteiger partial charge in [0.1, 0.15) is 0 Å². The second-order valence-corrected chi connectivity index (χ2v) is 10.9. The predicted octanol–water partition coefficient (Wildman–Crippen LogP) is 0.350. The van der Waals surface area contributed by atoms with Gasteiger partial charge in [-0.05, 0) is 0 Å². The fourth-order valence-corrected chi connectivity index (χ4v) is 6.19. The minimum atomic E-state index is -1.14. The Morgan fingerprint density at radius 3 is 1.33 bits per heavy atom. The van der Waals surface area contributed by atoms with Gasteiger partial charge in [0.25, 0.3) is 0 Å². The molecule has 0 aliphatic carbocycles. The molecule has 0 saturated heterocycles. The first kappa shape index (κ1) is 9.46. The SMILES string of the molecule is C[CH2][GeH]([N](C)C)[N](C)C. The summed E-state index contributed by atoms with van der Waals surface area (Å²) < 4.78 is 4.82. The molecule has 0 aliphatic heterocycles. The molecule has 9 heavy (non-hydrogen) atoms. The summed E-state index contributed by atoms with van der Waals surface area (Å²) >= 11 is -1.14. The van der Waals surface area contributed by atoms with Crippen LogP contribution in [0.15, 0.2) is 0 Å². The fraction of sp³-hybridized carbons (Fsp3) is 1.00. The maximum atomic E-state index is 2.41. The van der Waals surface area contributed by atoms with Gasteiger partial charge < -0.3 is 0 Å². The Bertz CT molecular complexity index is 65.5. The van der Waals surface area contributed by atoms with Gasteiger partial charge in [-0.25, -0.2) is 0 Å². The second kappa shape index (κ2) is 4.31. The van der Waals surface area contributed by atoms with Crippen LogP contribution in [0.2, 0.25) is 5.25 Å². The fourth-order valence-electron chi connectivity index (χ4n) is 1.19. The third-order valence-electron chi connectivity index (χ3n) is 1.56. The first-order valence-corrected chi connectivity index (χ1v) is 7.30. The average Bonchev–Trinajstić information content (AvgIpc) is 1.64. The molecule has 0 radical (unpaired) electrons. The molecule has 0 unspecified atom stereocenters. The first-order valence-electron chi connectivity index (χ1n) is 3.42. The first-order chi connectivity index (χ1) is 4.09. The predicted molar refractivity (Wildman–Crippen MR) is 45.0 cm³/mol. The van der Waals surface area contributed by atoms with Crippen LogP contribution in [0.4, 0.5) is 0 Å². The Balaban J connectivity index is 3.68. The summed E-state index contributed by atoms with van der Waals surface area (Å²) in [7, 11) is 8.75. The van der Waals surface area contributed by atoms with Crippen LogP contribution in [-0.4, -0.2) is 50.7 Å². The van der Waals surface area contributed by atoms with Crippen LogP contribution in [0.3, 0.4) is 0 Å². The van der Waals surface area contributed by atoms with Crippen LogP contribution in [0.25, 0.3) is 0 Å². The van der Waals surface area contributed by atoms with Crippen LogP contribution < -0.4 is 0 Å². The van der Waals surface area contributed by atoms with Gasteiger partial charge in [-0.3, -0.25) is 0 Å². The molecule has 0 fully saturated rings. The van der Waals surface area contributed by atoms with Crippen molar-refractivity contribution in [3.8, 4) is 0 Å². The van der Waals surface area contributed by atoms with Gasteiger partial charge in [-0.1, -0.05) is 0 Å². The van der Waals surface area contributed by atoms with Crippen molar-refractivity contribution < 1.29 is 0 Å². The molecule has 0 aromatic carbocycles. The summed E-state index contributed by atoms with van der Waals surface area (Å²) in [6, 6.07) is 0. The van der Waals surface area contributed by atoms with E-state index in [1.807, 2.05) is 0 Å². The molecule has 0 aromatic rings. The molecule has 0 aromatic heterocycles. The maximum absolute atomic E-state index is 2.41. The van der Waals surface area contributed by atoms with Crippen LogP contribution in [0.5, 0.6) is 0 Å². The summed E-state index contributed by atoms with van der Waals surface area (Å²) in [5.41, 5.74) is 0. The average molecular weight is 191 g/mol. The van der Waals surface area contributed by atoms with Crippen molar-refractivity contribution in [2.24, 2.45) is 0 Å². The number of hydrogen-bond donors (Lipinski definition) is 0. The van der Waals surface area contributed by atoms with Crippen molar-refractivity contribution in [3.05, 3.63) is 0 Å². The second-order valence-electron chi connectivity index (χ2n) is 2.82. The summed E-state index contributed by atoms with van der Waals surface area (Å²) in [6.07, 6.45) is 0. The van der Waals surface area contributed by atoms with E-state index >= 15 is 0 Å². The van der Waals surface area contributed by atoms with Crippen LogP contribution in [0.1, 0.15) is 6.92 Å². The van der Waals surface area contributed by atoms with Crippen molar-refractivity contribution in [2.45, 2.75) is 12.2 Å². The zero-order chi connectivity index (χ0) is 7.44. The monoisotopic (exact) mass is 192 g/mol. The van der Waals surface area contributed by atoms with E-state index in [1.165, 1.54) is 5.25 Å². The van der Waals surface area contributed by atoms with E-state index < -0.39 is 14.8 Å². The van der Waals surface area contributed by atoms with E-state index in [0.717, 1.165) is 0 Å². The molecule has 0 atom stereocenters. The van der Waals surface area contributed by atoms with Gasteiger partial charge in [-0.15, -0.1) is 0 Å². The Morgan fingerprint density at radius 2 is 1.33 bits per heavy atom. The van der Waals surface area contributed by atoms with Gasteiger partial charge in [0.05, 0.1) is 0 Å². The Hall–Kier alpha value is 0.463. The molecule has 2 nitrogen and oxygen atoms in total. The molecule has 0 aliphatic rings. The molecule has 0 saturated carbocycles. The van der Waals surface area contributed by atoms with Crippen molar-refractivity contribution in [1.82, 2.24) is 7.71 Å². The Morgan fingerprint density at radius 1 is 1.00 bits per heavy atom. The molecule has 0 heterocycles. The Kier molecular flexibility index (Phi) is 4.53. The van der Waals surface area contributed by atoms with Crippen molar-refractivity contribution in [3.63, 3.8) is 0 Å². The van der Waals surface area contributed by atoms with Crippen LogP contribution in [-0.2, 0) is 0 Å². The standard InChI is InChI=1S/C6H18GeN2/c1-6-7(8(2)3)9(4)5/h7H,6H2,1-5H3. The van der Waals surface area contributed by atoms with Crippen molar-refractivity contribution >= 4 is 14.8 Å². The molecular formula is C6H18GeN2. The van der Waals surface area contributed by atoms with E-state index in [4.69, 9.17) is 0 Å². The normalized spacial score (nSPS) is 12.0. The summed E-state index contributed by atoms with van der Waals surface area (Å²) in [4.78, 5) is 0. The number of nitrogens with zero attached hydrogens (tertiary/aromatic N) is 2. The van der Waals surface area contributed by atoms with Crippen LogP contribution in [0, 0.1) is 0 Å². The molecule has 0 spiro atoms. The van der Waals surface area contributed by atoms with E-state index in [-0.39, 0.29) is 0 Å². The minimum absolute atomic E-state index is 1.14. The van der Waals surface area contributed by atoms with Gasteiger partial charge in [0, 0.05) is 0 Å². The summed E-state index contributed by atoms with van der Waals surface area (Å²) in [6.45, 7) is 2.28. The molecule has 0 amide bonds. The molecular weight excluding hydrogens is 173 g/mol. The van der Waals surface area contributed by atoms with Gasteiger partial charge in [0.15, 0.2) is 0 Å². The molecule has 0 rings (SSSR count). The van der Waals surface area contributed by atoms with Gasteiger partial charge in [0.2, 0.25) is 0 Å². The zero-order valence-electron chi connectivity index (χ0n) is 7.18. The van der Waals surface area contributed by atoms with E-state index in [9.17, 15) is 0 Å². The quantitative estimate of drug-likeness (QED) is 0.593. The van der Waals surface area contributed by atoms with E-state index in [0.29, 0.717) is 0 Å². The van der Waals surface area contributed by atoms with Crippen LogP contribution >= 0.6 is 0 Å². The van der Waals surface area contributed by atoms with Crippen molar-refractivity contribution in [2.75, 3.05) is 28.2 Å². The zero-order valence-corrected chi connectivity index (χ0v) is 9.60. The molecule has 3 heteroatoms. The van der Waals surface area contributed by atoms with Gasteiger partial charge >= 0.3 is 62.9 Å². The van der Waals surface area contributed by atoms with Gasteiger partial charge in [-0.2, -0.15) is 0 Å². The Labute approximate surface area is 63.4 Å². The topological polar surface area (TPSA) is 6.48 Å². The summed E-state index contributed by atoms with van der Waals surface area (Å²) in [5, 5.41) is 1.37. The summed E-state index contributed by atoms with van der Waals surface area (Å²) in [5.74, 6) is 0. The third kappa shape index (κ3) is 3.23. The van der Waals surface area contributed by atoms with Crippen molar-refractivity contribution in [1.29, 1.82) is 0 Å². The third-order valence-corrected chi connectivity index (χ3v) is 8.09. The molecule has 56 valence electrons. The number of hydrogen-bond acceptors (Lipinski definition) is 2. The van der Waals surface area contributed by atoms with E-state index in [2.05, 4.69) is 42.8 Å². The molecule has 0 bridgehead atoms. The number of rotatable bonds is 3. The van der Waals surface area contributed by atoms with E-state index in [1.54, 1.807) is 0 Å².